The van der Waals surface area contributed by atoms with E-state index < -0.39 is 0 Å². The van der Waals surface area contributed by atoms with Crippen molar-refractivity contribution >= 4 is 17.4 Å². The molecular formula is C12H13ClN4. The van der Waals surface area contributed by atoms with Gasteiger partial charge in [0.1, 0.15) is 5.82 Å². The van der Waals surface area contributed by atoms with Crippen molar-refractivity contribution in [3.63, 3.8) is 0 Å². The van der Waals surface area contributed by atoms with E-state index in [0.717, 1.165) is 11.3 Å². The number of nitrogen functional groups attached to an aromatic ring is 1. The Labute approximate surface area is 105 Å². The van der Waals surface area contributed by atoms with E-state index in [2.05, 4.69) is 15.3 Å². The Bertz CT molecular complexity index is 470. The third-order valence-electron chi connectivity index (χ3n) is 2.53. The van der Waals surface area contributed by atoms with E-state index in [1.54, 1.807) is 24.5 Å². The summed E-state index contributed by atoms with van der Waals surface area (Å²) in [6.45, 7) is 0. The highest BCUT2D eigenvalue weighted by Gasteiger charge is 2.18. The highest BCUT2D eigenvalue weighted by Crippen LogP contribution is 2.28. The zero-order valence-electron chi connectivity index (χ0n) is 9.39. The molecule has 2 heterocycles. The van der Waals surface area contributed by atoms with E-state index in [0.29, 0.717) is 10.8 Å². The monoisotopic (exact) mass is 248 g/mol. The van der Waals surface area contributed by atoms with Gasteiger partial charge in [-0.1, -0.05) is 17.7 Å². The first-order chi connectivity index (χ1) is 8.24. The van der Waals surface area contributed by atoms with Crippen LogP contribution >= 0.6 is 11.6 Å². The van der Waals surface area contributed by atoms with E-state index in [1.165, 1.54) is 0 Å². The van der Waals surface area contributed by atoms with Gasteiger partial charge in [-0.25, -0.2) is 4.98 Å². The van der Waals surface area contributed by atoms with Crippen molar-refractivity contribution in [3.05, 3.63) is 52.9 Å². The molecule has 0 saturated carbocycles. The van der Waals surface area contributed by atoms with Crippen LogP contribution in [-0.2, 0) is 0 Å². The Morgan fingerprint density at radius 1 is 1.24 bits per heavy atom. The topological polar surface area (TPSA) is 63.8 Å². The SMILES string of the molecule is CNC(c1cccnc1N)c1ncccc1Cl. The van der Waals surface area contributed by atoms with Gasteiger partial charge in [-0.15, -0.1) is 0 Å². The van der Waals surface area contributed by atoms with Crippen LogP contribution in [0.2, 0.25) is 5.02 Å². The van der Waals surface area contributed by atoms with Gasteiger partial charge in [0.2, 0.25) is 0 Å². The molecule has 0 amide bonds. The van der Waals surface area contributed by atoms with Gasteiger partial charge in [-0.05, 0) is 25.2 Å². The molecule has 5 heteroatoms. The van der Waals surface area contributed by atoms with Crippen LogP contribution in [0.15, 0.2) is 36.7 Å². The molecule has 0 spiro atoms. The second-order valence-electron chi connectivity index (χ2n) is 3.57. The number of nitrogens with one attached hydrogen (secondary N) is 1. The minimum atomic E-state index is -0.155. The summed E-state index contributed by atoms with van der Waals surface area (Å²) in [5.74, 6) is 0.480. The van der Waals surface area contributed by atoms with Gasteiger partial charge in [-0.2, -0.15) is 0 Å². The van der Waals surface area contributed by atoms with Crippen molar-refractivity contribution < 1.29 is 0 Å². The molecule has 0 saturated heterocycles. The molecule has 0 aromatic carbocycles. The summed E-state index contributed by atoms with van der Waals surface area (Å²) in [4.78, 5) is 8.36. The van der Waals surface area contributed by atoms with Crippen molar-refractivity contribution in [3.8, 4) is 0 Å². The van der Waals surface area contributed by atoms with E-state index in [1.807, 2.05) is 19.2 Å². The minimum absolute atomic E-state index is 0.155. The fourth-order valence-electron chi connectivity index (χ4n) is 1.72. The number of nitrogens with zero attached hydrogens (tertiary/aromatic N) is 2. The molecule has 2 aromatic heterocycles. The number of hydrogen-bond donors (Lipinski definition) is 2. The van der Waals surface area contributed by atoms with Gasteiger partial charge in [0.05, 0.1) is 16.8 Å². The van der Waals surface area contributed by atoms with Crippen LogP contribution in [0.5, 0.6) is 0 Å². The molecule has 0 aliphatic rings. The van der Waals surface area contributed by atoms with Crippen LogP contribution in [0.25, 0.3) is 0 Å². The van der Waals surface area contributed by atoms with E-state index in [4.69, 9.17) is 17.3 Å². The summed E-state index contributed by atoms with van der Waals surface area (Å²) in [6, 6.07) is 7.20. The highest BCUT2D eigenvalue weighted by molar-refractivity contribution is 6.31. The van der Waals surface area contributed by atoms with Crippen LogP contribution in [-0.4, -0.2) is 17.0 Å². The maximum Gasteiger partial charge on any atom is 0.128 e. The number of pyridine rings is 2. The van der Waals surface area contributed by atoms with E-state index >= 15 is 0 Å². The van der Waals surface area contributed by atoms with Crippen LogP contribution in [0.4, 0.5) is 5.82 Å². The van der Waals surface area contributed by atoms with Gasteiger partial charge < -0.3 is 11.1 Å². The fraction of sp³-hybridized carbons (Fsp3) is 0.167. The molecule has 0 aliphatic carbocycles. The van der Waals surface area contributed by atoms with Gasteiger partial charge in [0, 0.05) is 18.0 Å². The number of hydrogen-bond acceptors (Lipinski definition) is 4. The molecule has 4 nitrogen and oxygen atoms in total. The van der Waals surface area contributed by atoms with Crippen molar-refractivity contribution in [2.24, 2.45) is 0 Å². The fourth-order valence-corrected chi connectivity index (χ4v) is 1.95. The molecular weight excluding hydrogens is 236 g/mol. The molecule has 88 valence electrons. The second-order valence-corrected chi connectivity index (χ2v) is 3.98. The molecule has 1 unspecified atom stereocenters. The van der Waals surface area contributed by atoms with Crippen LogP contribution in [0, 0.1) is 0 Å². The van der Waals surface area contributed by atoms with Crippen LogP contribution < -0.4 is 11.1 Å². The summed E-state index contributed by atoms with van der Waals surface area (Å²) in [5.41, 5.74) is 7.48. The van der Waals surface area contributed by atoms with Crippen molar-refractivity contribution in [2.75, 3.05) is 12.8 Å². The Hall–Kier alpha value is -1.65. The first-order valence-electron chi connectivity index (χ1n) is 5.22. The van der Waals surface area contributed by atoms with E-state index in [-0.39, 0.29) is 6.04 Å². The zero-order valence-corrected chi connectivity index (χ0v) is 10.1. The predicted molar refractivity (Wildman–Crippen MR) is 68.8 cm³/mol. The Morgan fingerprint density at radius 2 is 1.94 bits per heavy atom. The summed E-state index contributed by atoms with van der Waals surface area (Å²) >= 11 is 6.14. The number of anilines is 1. The highest BCUT2D eigenvalue weighted by atomic mass is 35.5. The standard InChI is InChI=1S/C12H13ClN4/c1-15-10(8-4-2-7-17-12(8)14)11-9(13)5-3-6-16-11/h2-7,10,15H,1H3,(H2,14,17). The largest absolute Gasteiger partial charge is 0.383 e. The molecule has 0 aliphatic heterocycles. The molecule has 2 rings (SSSR count). The number of halogens is 1. The Balaban J connectivity index is 2.48. The third-order valence-corrected chi connectivity index (χ3v) is 2.85. The van der Waals surface area contributed by atoms with Gasteiger partial charge in [-0.3, -0.25) is 4.98 Å². The summed E-state index contributed by atoms with van der Waals surface area (Å²) < 4.78 is 0. The Kier molecular flexibility index (Phi) is 3.56. The molecule has 0 fully saturated rings. The van der Waals surface area contributed by atoms with Gasteiger partial charge in [0.25, 0.3) is 0 Å². The second kappa shape index (κ2) is 5.12. The predicted octanol–water partition coefficient (Wildman–Crippen LogP) is 2.02. The number of nitrogens with two attached hydrogens (primary N) is 1. The average Bonchev–Trinajstić information content (AvgIpc) is 2.34. The first-order valence-corrected chi connectivity index (χ1v) is 5.60. The maximum atomic E-state index is 6.14. The van der Waals surface area contributed by atoms with Crippen molar-refractivity contribution in [1.29, 1.82) is 0 Å². The van der Waals surface area contributed by atoms with Crippen molar-refractivity contribution in [1.82, 2.24) is 15.3 Å². The van der Waals surface area contributed by atoms with E-state index in [9.17, 15) is 0 Å². The molecule has 17 heavy (non-hydrogen) atoms. The minimum Gasteiger partial charge on any atom is -0.383 e. The van der Waals surface area contributed by atoms with Crippen LogP contribution in [0.3, 0.4) is 0 Å². The molecule has 0 bridgehead atoms. The first kappa shape index (κ1) is 11.8. The van der Waals surface area contributed by atoms with Gasteiger partial charge >= 0.3 is 0 Å². The molecule has 0 radical (unpaired) electrons. The normalized spacial score (nSPS) is 12.4. The maximum absolute atomic E-state index is 6.14. The zero-order chi connectivity index (χ0) is 12.3. The lowest BCUT2D eigenvalue weighted by Crippen LogP contribution is -2.20. The van der Waals surface area contributed by atoms with Crippen molar-refractivity contribution in [2.45, 2.75) is 6.04 Å². The smallest absolute Gasteiger partial charge is 0.128 e. The average molecular weight is 249 g/mol. The molecule has 2 aromatic rings. The lowest BCUT2D eigenvalue weighted by Gasteiger charge is -2.18. The molecule has 1 atom stereocenters. The summed E-state index contributed by atoms with van der Waals surface area (Å²) in [5, 5.41) is 3.76. The number of aromatic nitrogens is 2. The number of rotatable bonds is 3. The van der Waals surface area contributed by atoms with Gasteiger partial charge in [0.15, 0.2) is 0 Å². The van der Waals surface area contributed by atoms with Crippen LogP contribution in [0.1, 0.15) is 17.3 Å². The molecule has 3 N–H and O–H groups in total. The Morgan fingerprint density at radius 3 is 2.59 bits per heavy atom. The summed E-state index contributed by atoms with van der Waals surface area (Å²) in [7, 11) is 1.84. The third kappa shape index (κ3) is 2.38. The summed E-state index contributed by atoms with van der Waals surface area (Å²) in [6.07, 6.45) is 3.36. The lowest BCUT2D eigenvalue weighted by molar-refractivity contribution is 0.671. The quantitative estimate of drug-likeness (QED) is 0.872. The lowest BCUT2D eigenvalue weighted by atomic mass is 10.0.